The zero-order valence-electron chi connectivity index (χ0n) is 14.9. The van der Waals surface area contributed by atoms with Crippen molar-refractivity contribution < 1.29 is 14.3 Å². The van der Waals surface area contributed by atoms with Crippen molar-refractivity contribution in [1.29, 1.82) is 0 Å². The van der Waals surface area contributed by atoms with E-state index in [1.807, 2.05) is 45.0 Å². The van der Waals surface area contributed by atoms with Crippen LogP contribution in [0.5, 0.6) is 5.75 Å². The lowest BCUT2D eigenvalue weighted by Crippen LogP contribution is -2.46. The van der Waals surface area contributed by atoms with Gasteiger partial charge in [-0.2, -0.15) is 0 Å². The number of hydrogen-bond donors (Lipinski definition) is 1. The largest absolute Gasteiger partial charge is 0.494 e. The van der Waals surface area contributed by atoms with Gasteiger partial charge in [0.1, 0.15) is 11.8 Å². The normalized spacial score (nSPS) is 18.3. The Labute approximate surface area is 144 Å². The van der Waals surface area contributed by atoms with Gasteiger partial charge in [-0.15, -0.1) is 0 Å². The molecule has 1 saturated heterocycles. The number of amides is 2. The van der Waals surface area contributed by atoms with Crippen LogP contribution in [0.2, 0.25) is 0 Å². The molecular weight excluding hydrogens is 304 g/mol. The fourth-order valence-electron chi connectivity index (χ4n) is 3.13. The number of carbonyl (C=O) groups excluding carboxylic acids is 2. The number of hydrogen-bond acceptors (Lipinski definition) is 3. The summed E-state index contributed by atoms with van der Waals surface area (Å²) in [5.41, 5.74) is 0.999. The molecule has 1 fully saturated rings. The Morgan fingerprint density at radius 2 is 2.17 bits per heavy atom. The minimum absolute atomic E-state index is 0.0636. The molecule has 0 radical (unpaired) electrons. The molecule has 0 saturated carbocycles. The summed E-state index contributed by atoms with van der Waals surface area (Å²) in [7, 11) is 0. The van der Waals surface area contributed by atoms with E-state index in [1.165, 1.54) is 0 Å². The topological polar surface area (TPSA) is 58.6 Å². The molecule has 5 nitrogen and oxygen atoms in total. The SMILES string of the molecule is CCCC(=O)N1CCCC1C(=O)NC(C)c1cccc(OCC)c1. The van der Waals surface area contributed by atoms with Crippen molar-refractivity contribution in [3.05, 3.63) is 29.8 Å². The van der Waals surface area contributed by atoms with Gasteiger partial charge < -0.3 is 15.0 Å². The number of nitrogens with one attached hydrogen (secondary N) is 1. The first-order valence-corrected chi connectivity index (χ1v) is 8.89. The Balaban J connectivity index is 2.00. The third-order valence-corrected chi connectivity index (χ3v) is 4.37. The lowest BCUT2D eigenvalue weighted by atomic mass is 10.1. The smallest absolute Gasteiger partial charge is 0.243 e. The highest BCUT2D eigenvalue weighted by atomic mass is 16.5. The highest BCUT2D eigenvalue weighted by Gasteiger charge is 2.34. The maximum Gasteiger partial charge on any atom is 0.243 e. The molecule has 2 rings (SSSR count). The van der Waals surface area contributed by atoms with Gasteiger partial charge in [0.25, 0.3) is 0 Å². The fourth-order valence-corrected chi connectivity index (χ4v) is 3.13. The van der Waals surface area contributed by atoms with Crippen LogP contribution in [-0.2, 0) is 9.59 Å². The van der Waals surface area contributed by atoms with Gasteiger partial charge in [-0.1, -0.05) is 19.1 Å². The van der Waals surface area contributed by atoms with Crippen LogP contribution >= 0.6 is 0 Å². The molecule has 1 aliphatic heterocycles. The first-order valence-electron chi connectivity index (χ1n) is 8.89. The molecule has 2 unspecified atom stereocenters. The number of benzene rings is 1. The molecule has 1 aromatic rings. The summed E-state index contributed by atoms with van der Waals surface area (Å²) in [5, 5.41) is 3.05. The highest BCUT2D eigenvalue weighted by molar-refractivity contribution is 5.88. The predicted molar refractivity (Wildman–Crippen MR) is 93.8 cm³/mol. The van der Waals surface area contributed by atoms with Crippen molar-refractivity contribution in [2.75, 3.05) is 13.2 Å². The van der Waals surface area contributed by atoms with Crippen molar-refractivity contribution in [3.8, 4) is 5.75 Å². The molecule has 0 spiro atoms. The first-order chi connectivity index (χ1) is 11.6. The summed E-state index contributed by atoms with van der Waals surface area (Å²) < 4.78 is 5.51. The molecule has 2 atom stereocenters. The van der Waals surface area contributed by atoms with Gasteiger partial charge in [-0.25, -0.2) is 0 Å². The van der Waals surface area contributed by atoms with Crippen LogP contribution in [0.25, 0.3) is 0 Å². The third kappa shape index (κ3) is 4.49. The van der Waals surface area contributed by atoms with Gasteiger partial charge in [0.2, 0.25) is 11.8 Å². The summed E-state index contributed by atoms with van der Waals surface area (Å²) in [5.74, 6) is 0.823. The van der Waals surface area contributed by atoms with E-state index in [0.29, 0.717) is 19.6 Å². The monoisotopic (exact) mass is 332 g/mol. The number of carbonyl (C=O) groups is 2. The van der Waals surface area contributed by atoms with Crippen LogP contribution in [0.3, 0.4) is 0 Å². The van der Waals surface area contributed by atoms with Crippen LogP contribution in [0.15, 0.2) is 24.3 Å². The zero-order valence-corrected chi connectivity index (χ0v) is 14.9. The van der Waals surface area contributed by atoms with Gasteiger partial charge in [0.05, 0.1) is 12.6 Å². The number of likely N-dealkylation sites (tertiary alicyclic amines) is 1. The summed E-state index contributed by atoms with van der Waals surface area (Å²) in [6.45, 7) is 7.18. The average Bonchev–Trinajstić information content (AvgIpc) is 3.05. The van der Waals surface area contributed by atoms with Gasteiger partial charge >= 0.3 is 0 Å². The van der Waals surface area contributed by atoms with E-state index in [1.54, 1.807) is 4.90 Å². The van der Waals surface area contributed by atoms with Crippen LogP contribution in [-0.4, -0.2) is 35.9 Å². The second kappa shape index (κ2) is 8.71. The van der Waals surface area contributed by atoms with Crippen molar-refractivity contribution >= 4 is 11.8 Å². The third-order valence-electron chi connectivity index (χ3n) is 4.37. The van der Waals surface area contributed by atoms with E-state index in [0.717, 1.165) is 30.6 Å². The van der Waals surface area contributed by atoms with Crippen molar-refractivity contribution in [2.24, 2.45) is 0 Å². The van der Waals surface area contributed by atoms with E-state index in [9.17, 15) is 9.59 Å². The Morgan fingerprint density at radius 1 is 1.38 bits per heavy atom. The quantitative estimate of drug-likeness (QED) is 0.835. The molecule has 1 N–H and O–H groups in total. The second-order valence-corrected chi connectivity index (χ2v) is 6.23. The molecule has 2 amide bonds. The van der Waals surface area contributed by atoms with Crippen LogP contribution in [0, 0.1) is 0 Å². The van der Waals surface area contributed by atoms with Gasteiger partial charge in [0.15, 0.2) is 0 Å². The molecule has 0 aliphatic carbocycles. The Kier molecular flexibility index (Phi) is 6.64. The number of ether oxygens (including phenoxy) is 1. The molecule has 0 bridgehead atoms. The Bertz CT molecular complexity index is 573. The lowest BCUT2D eigenvalue weighted by Gasteiger charge is -2.25. The Morgan fingerprint density at radius 3 is 2.88 bits per heavy atom. The second-order valence-electron chi connectivity index (χ2n) is 6.23. The lowest BCUT2D eigenvalue weighted by molar-refractivity contribution is -0.138. The first kappa shape index (κ1) is 18.3. The molecule has 0 aromatic heterocycles. The van der Waals surface area contributed by atoms with Crippen LogP contribution in [0.1, 0.15) is 58.1 Å². The van der Waals surface area contributed by atoms with E-state index in [2.05, 4.69) is 5.32 Å². The summed E-state index contributed by atoms with van der Waals surface area (Å²) >= 11 is 0. The van der Waals surface area contributed by atoms with Gasteiger partial charge in [-0.05, 0) is 50.8 Å². The van der Waals surface area contributed by atoms with Gasteiger partial charge in [-0.3, -0.25) is 9.59 Å². The van der Waals surface area contributed by atoms with E-state index in [-0.39, 0.29) is 23.9 Å². The molecular formula is C19H28N2O3. The molecule has 5 heteroatoms. The molecule has 132 valence electrons. The van der Waals surface area contributed by atoms with E-state index in [4.69, 9.17) is 4.74 Å². The van der Waals surface area contributed by atoms with Gasteiger partial charge in [0, 0.05) is 13.0 Å². The number of nitrogens with zero attached hydrogens (tertiary/aromatic N) is 1. The number of rotatable bonds is 7. The maximum atomic E-state index is 12.6. The standard InChI is InChI=1S/C19H28N2O3/c1-4-8-18(22)21-12-7-11-17(21)19(23)20-14(3)15-9-6-10-16(13-15)24-5-2/h6,9-10,13-14,17H,4-5,7-8,11-12H2,1-3H3,(H,20,23). The molecule has 1 aromatic carbocycles. The zero-order chi connectivity index (χ0) is 17.5. The van der Waals surface area contributed by atoms with Crippen molar-refractivity contribution in [2.45, 2.75) is 58.5 Å². The molecule has 24 heavy (non-hydrogen) atoms. The Hall–Kier alpha value is -2.04. The van der Waals surface area contributed by atoms with E-state index < -0.39 is 0 Å². The summed E-state index contributed by atoms with van der Waals surface area (Å²) in [6, 6.07) is 7.30. The van der Waals surface area contributed by atoms with E-state index >= 15 is 0 Å². The molecule has 1 aliphatic rings. The fraction of sp³-hybridized carbons (Fsp3) is 0.579. The summed E-state index contributed by atoms with van der Waals surface area (Å²) in [4.78, 5) is 26.5. The molecule has 1 heterocycles. The van der Waals surface area contributed by atoms with Crippen molar-refractivity contribution in [1.82, 2.24) is 10.2 Å². The highest BCUT2D eigenvalue weighted by Crippen LogP contribution is 2.22. The summed E-state index contributed by atoms with van der Waals surface area (Å²) in [6.07, 6.45) is 2.95. The van der Waals surface area contributed by atoms with Crippen LogP contribution < -0.4 is 10.1 Å². The van der Waals surface area contributed by atoms with Crippen LogP contribution in [0.4, 0.5) is 0 Å². The average molecular weight is 332 g/mol. The predicted octanol–water partition coefficient (Wildman–Crippen LogP) is 3.05. The minimum Gasteiger partial charge on any atom is -0.494 e. The van der Waals surface area contributed by atoms with Crippen molar-refractivity contribution in [3.63, 3.8) is 0 Å². The maximum absolute atomic E-state index is 12.6. The minimum atomic E-state index is -0.332.